The Bertz CT molecular complexity index is 5730. The summed E-state index contributed by atoms with van der Waals surface area (Å²) in [6.07, 6.45) is 0. The summed E-state index contributed by atoms with van der Waals surface area (Å²) in [4.78, 5) is 5.40. The van der Waals surface area contributed by atoms with Crippen LogP contribution in [-0.2, 0) is 5.41 Å². The zero-order chi connectivity index (χ0) is 62.3. The summed E-state index contributed by atoms with van der Waals surface area (Å²) < 4.78 is 2.49. The van der Waals surface area contributed by atoms with Crippen LogP contribution in [0.5, 0.6) is 0 Å². The Morgan fingerprint density at radius 1 is 0.277 bits per heavy atom. The van der Waals surface area contributed by atoms with Gasteiger partial charge in [0.05, 0.1) is 22.4 Å². The molecular weight excluding hydrogens is 1130 g/mol. The number of benzene rings is 16. The van der Waals surface area contributed by atoms with E-state index < -0.39 is 0 Å². The van der Waals surface area contributed by atoms with Crippen molar-refractivity contribution in [1.82, 2.24) is 4.57 Å². The molecule has 440 valence electrons. The number of hydrogen-bond acceptors (Lipinski definition) is 2. The predicted molar refractivity (Wildman–Crippen MR) is 402 cm³/mol. The van der Waals surface area contributed by atoms with Crippen molar-refractivity contribution in [2.24, 2.45) is 0 Å². The minimum Gasteiger partial charge on any atom is -0.310 e. The third kappa shape index (κ3) is 8.12. The maximum absolute atomic E-state index is 2.71. The maximum Gasteiger partial charge on any atom is 0.252 e. The van der Waals surface area contributed by atoms with Crippen LogP contribution in [0, 0.1) is 0 Å². The number of fused-ring (bicyclic) bond motifs is 9. The molecule has 0 atom stereocenters. The van der Waals surface area contributed by atoms with Crippen molar-refractivity contribution in [3.05, 3.63) is 327 Å². The van der Waals surface area contributed by atoms with Crippen LogP contribution in [-0.4, -0.2) is 11.3 Å². The first-order chi connectivity index (χ1) is 46.3. The van der Waals surface area contributed by atoms with Crippen LogP contribution in [0.25, 0.3) is 126 Å². The standard InChI is InChI=1S/C90H62BN3/c1-90(2,3)64-54-82-87-83(55-64)94(89-69(59-29-12-6-13-30-59)40-24-41-70(89)60-31-14-7-15-32-60)81-56-65(92-78-45-18-16-36-71(78)72-37-17-19-46-79(72)92)49-52-77(81)91(87)76-51-48-63(66-50-47-62-35-21-43-74-73-42-20-33-61-34-22-44-75(84(61)73)86(66)85(62)74)53-80(76)93(82)88-67(57-25-8-4-9-26-57)38-23-39-68(88)58-27-10-5-11-28-58/h4-56H,1-3H3. The van der Waals surface area contributed by atoms with E-state index in [0.29, 0.717) is 0 Å². The highest BCUT2D eigenvalue weighted by atomic mass is 15.2. The second-order valence-electron chi connectivity index (χ2n) is 26.6. The van der Waals surface area contributed by atoms with Crippen molar-refractivity contribution >= 4 is 122 Å². The normalized spacial score (nSPS) is 12.8. The van der Waals surface area contributed by atoms with E-state index in [0.717, 1.165) is 78.6 Å². The molecule has 2 aliphatic heterocycles. The van der Waals surface area contributed by atoms with E-state index in [2.05, 4.69) is 357 Å². The summed E-state index contributed by atoms with van der Waals surface area (Å²) in [5.74, 6) is 0. The SMILES string of the molecule is CC(C)(C)c1cc2c3c(c1)N(c1c(-c4ccccc4)cccc1-c1ccccc1)c1cc(-n4c5ccccc5c5ccccc54)ccc1B3c1ccc(-c3ccc4cccc5c6cccc7cccc(c3c45)c76)cc1N2c1c(-c2ccccc2)cccc1-c1ccccc1. The van der Waals surface area contributed by atoms with Gasteiger partial charge in [0.1, 0.15) is 0 Å². The Morgan fingerprint density at radius 2 is 0.691 bits per heavy atom. The molecule has 0 N–H and O–H groups in total. The molecule has 3 nitrogen and oxygen atoms in total. The lowest BCUT2D eigenvalue weighted by Crippen LogP contribution is -2.61. The lowest BCUT2D eigenvalue weighted by atomic mass is 9.33. The quantitative estimate of drug-likeness (QED) is 0.0853. The molecule has 1 aromatic heterocycles. The fraction of sp³-hybridized carbons (Fsp3) is 0.0444. The molecule has 2 aliphatic rings. The smallest absolute Gasteiger partial charge is 0.252 e. The topological polar surface area (TPSA) is 11.4 Å². The van der Waals surface area contributed by atoms with E-state index in [1.54, 1.807) is 0 Å². The molecule has 0 saturated carbocycles. The van der Waals surface area contributed by atoms with E-state index in [-0.39, 0.29) is 12.1 Å². The molecule has 0 radical (unpaired) electrons. The van der Waals surface area contributed by atoms with Gasteiger partial charge in [-0.25, -0.2) is 0 Å². The molecule has 17 aromatic rings. The summed E-state index contributed by atoms with van der Waals surface area (Å²) in [5, 5.41) is 12.7. The summed E-state index contributed by atoms with van der Waals surface area (Å²) in [7, 11) is 0. The van der Waals surface area contributed by atoms with Gasteiger partial charge >= 0.3 is 0 Å². The van der Waals surface area contributed by atoms with Crippen molar-refractivity contribution in [2.75, 3.05) is 9.80 Å². The van der Waals surface area contributed by atoms with Gasteiger partial charge in [-0.05, 0) is 146 Å². The Kier molecular flexibility index (Phi) is 12.0. The van der Waals surface area contributed by atoms with Crippen molar-refractivity contribution in [3.8, 4) is 61.3 Å². The maximum atomic E-state index is 2.71. The van der Waals surface area contributed by atoms with E-state index in [9.17, 15) is 0 Å². The summed E-state index contributed by atoms with van der Waals surface area (Å²) >= 11 is 0. The molecule has 94 heavy (non-hydrogen) atoms. The fourth-order valence-corrected chi connectivity index (χ4v) is 16.3. The van der Waals surface area contributed by atoms with Crippen LogP contribution >= 0.6 is 0 Å². The molecule has 19 rings (SSSR count). The number of para-hydroxylation sites is 4. The van der Waals surface area contributed by atoms with Gasteiger partial charge in [0.25, 0.3) is 6.71 Å². The zero-order valence-electron chi connectivity index (χ0n) is 52.5. The van der Waals surface area contributed by atoms with Crippen LogP contribution in [0.3, 0.4) is 0 Å². The number of hydrogen-bond donors (Lipinski definition) is 0. The highest BCUT2D eigenvalue weighted by molar-refractivity contribution is 7.00. The number of nitrogens with zero attached hydrogens (tertiary/aromatic N) is 3. The molecule has 4 heteroatoms. The van der Waals surface area contributed by atoms with Crippen LogP contribution in [0.2, 0.25) is 0 Å². The van der Waals surface area contributed by atoms with Gasteiger partial charge in [-0.1, -0.05) is 300 Å². The zero-order valence-corrected chi connectivity index (χ0v) is 52.5. The molecule has 0 bridgehead atoms. The largest absolute Gasteiger partial charge is 0.310 e. The Labute approximate surface area is 547 Å². The van der Waals surface area contributed by atoms with Crippen LogP contribution in [0.1, 0.15) is 26.3 Å². The van der Waals surface area contributed by atoms with Crippen LogP contribution in [0.4, 0.5) is 34.1 Å². The van der Waals surface area contributed by atoms with Gasteiger partial charge in [0, 0.05) is 61.5 Å². The lowest BCUT2D eigenvalue weighted by Gasteiger charge is -2.46. The highest BCUT2D eigenvalue weighted by Gasteiger charge is 2.46. The molecule has 0 amide bonds. The van der Waals surface area contributed by atoms with E-state index >= 15 is 0 Å². The molecule has 3 heterocycles. The van der Waals surface area contributed by atoms with Gasteiger partial charge in [0.2, 0.25) is 0 Å². The van der Waals surface area contributed by atoms with E-state index in [1.807, 2.05) is 0 Å². The molecular formula is C90H62BN3. The van der Waals surface area contributed by atoms with Gasteiger partial charge in [-0.15, -0.1) is 0 Å². The average Bonchev–Trinajstić information content (AvgIpc) is 0.789. The van der Waals surface area contributed by atoms with Crippen LogP contribution < -0.4 is 26.2 Å². The summed E-state index contributed by atoms with van der Waals surface area (Å²) in [6.45, 7) is 6.96. The monoisotopic (exact) mass is 1200 g/mol. The average molecular weight is 1200 g/mol. The first kappa shape index (κ1) is 54.1. The first-order valence-electron chi connectivity index (χ1n) is 32.9. The van der Waals surface area contributed by atoms with Crippen molar-refractivity contribution < 1.29 is 0 Å². The Hall–Kier alpha value is -11.7. The highest BCUT2D eigenvalue weighted by Crippen LogP contribution is 2.55. The lowest BCUT2D eigenvalue weighted by molar-refractivity contribution is 0.590. The third-order valence-electron chi connectivity index (χ3n) is 20.4. The number of aromatic nitrogens is 1. The van der Waals surface area contributed by atoms with E-state index in [1.165, 1.54) is 104 Å². The number of rotatable bonds is 8. The minimum absolute atomic E-state index is 0.201. The van der Waals surface area contributed by atoms with Gasteiger partial charge in [-0.3, -0.25) is 0 Å². The van der Waals surface area contributed by atoms with Gasteiger partial charge < -0.3 is 14.4 Å². The Morgan fingerprint density at radius 3 is 1.19 bits per heavy atom. The molecule has 16 aromatic carbocycles. The second-order valence-corrected chi connectivity index (χ2v) is 26.6. The van der Waals surface area contributed by atoms with Crippen molar-refractivity contribution in [2.45, 2.75) is 26.2 Å². The molecule has 0 saturated heterocycles. The Balaban J connectivity index is 0.981. The van der Waals surface area contributed by atoms with Crippen molar-refractivity contribution in [1.29, 1.82) is 0 Å². The number of anilines is 6. The van der Waals surface area contributed by atoms with Crippen LogP contribution in [0.15, 0.2) is 322 Å². The van der Waals surface area contributed by atoms with Crippen molar-refractivity contribution in [3.63, 3.8) is 0 Å². The molecule has 0 aliphatic carbocycles. The minimum atomic E-state index is -0.295. The molecule has 0 unspecified atom stereocenters. The second kappa shape index (κ2) is 20.9. The summed E-state index contributed by atoms with van der Waals surface area (Å²) in [5.41, 5.74) is 26.7. The predicted octanol–water partition coefficient (Wildman–Crippen LogP) is 22.5. The van der Waals surface area contributed by atoms with E-state index in [4.69, 9.17) is 0 Å². The third-order valence-corrected chi connectivity index (χ3v) is 20.4. The fourth-order valence-electron chi connectivity index (χ4n) is 16.3. The molecule has 0 fully saturated rings. The van der Waals surface area contributed by atoms with Gasteiger partial charge in [0.15, 0.2) is 0 Å². The molecule has 0 spiro atoms. The first-order valence-corrected chi connectivity index (χ1v) is 32.9. The van der Waals surface area contributed by atoms with Gasteiger partial charge in [-0.2, -0.15) is 0 Å². The summed E-state index contributed by atoms with van der Waals surface area (Å²) in [6, 6.07) is 121.